The molecule has 2 rings (SSSR count). The Hall–Kier alpha value is -1.51. The van der Waals surface area contributed by atoms with Crippen LogP contribution in [-0.2, 0) is 0 Å². The lowest BCUT2D eigenvalue weighted by Gasteiger charge is -2.26. The van der Waals surface area contributed by atoms with Gasteiger partial charge in [0.25, 0.3) is 0 Å². The average molecular weight is 261 g/mol. The summed E-state index contributed by atoms with van der Waals surface area (Å²) in [4.78, 5) is 0. The van der Waals surface area contributed by atoms with Gasteiger partial charge in [-0.25, -0.2) is 0 Å². The smallest absolute Gasteiger partial charge is 0.119 e. The Bertz CT molecular complexity index is 417. The van der Waals surface area contributed by atoms with E-state index in [0.717, 1.165) is 36.5 Å². The minimum absolute atomic E-state index is 0.360. The van der Waals surface area contributed by atoms with Gasteiger partial charge >= 0.3 is 0 Å². The SMILES string of the molecule is CCC(=NO)c1ccc(OC2CCC(C)CC2)cc1. The lowest BCUT2D eigenvalue weighted by Crippen LogP contribution is -2.23. The van der Waals surface area contributed by atoms with Gasteiger partial charge in [-0.05, 0) is 67.9 Å². The molecular weight excluding hydrogens is 238 g/mol. The van der Waals surface area contributed by atoms with Crippen LogP contribution in [0.2, 0.25) is 0 Å². The van der Waals surface area contributed by atoms with Crippen LogP contribution in [0.4, 0.5) is 0 Å². The van der Waals surface area contributed by atoms with Crippen LogP contribution < -0.4 is 4.74 Å². The topological polar surface area (TPSA) is 41.8 Å². The van der Waals surface area contributed by atoms with E-state index in [1.54, 1.807) is 0 Å². The van der Waals surface area contributed by atoms with Gasteiger partial charge in [-0.3, -0.25) is 0 Å². The van der Waals surface area contributed by atoms with Crippen LogP contribution in [0.1, 0.15) is 51.5 Å². The van der Waals surface area contributed by atoms with E-state index in [1.165, 1.54) is 12.8 Å². The molecule has 3 nitrogen and oxygen atoms in total. The highest BCUT2D eigenvalue weighted by Gasteiger charge is 2.19. The average Bonchev–Trinajstić information content (AvgIpc) is 2.44. The molecule has 0 amide bonds. The molecule has 1 fully saturated rings. The third-order valence-electron chi connectivity index (χ3n) is 3.91. The Morgan fingerprint density at radius 2 is 1.84 bits per heavy atom. The van der Waals surface area contributed by atoms with E-state index in [0.29, 0.717) is 11.8 Å². The third-order valence-corrected chi connectivity index (χ3v) is 3.91. The minimum Gasteiger partial charge on any atom is -0.490 e. The highest BCUT2D eigenvalue weighted by Crippen LogP contribution is 2.27. The van der Waals surface area contributed by atoms with Crippen LogP contribution in [0.25, 0.3) is 0 Å². The van der Waals surface area contributed by atoms with Crippen molar-refractivity contribution in [2.45, 2.75) is 52.1 Å². The zero-order valence-corrected chi connectivity index (χ0v) is 11.8. The number of hydrogen-bond acceptors (Lipinski definition) is 3. The first-order valence-electron chi connectivity index (χ1n) is 7.21. The van der Waals surface area contributed by atoms with Gasteiger partial charge in [-0.15, -0.1) is 0 Å². The molecule has 1 N–H and O–H groups in total. The molecule has 1 aromatic rings. The second-order valence-electron chi connectivity index (χ2n) is 5.42. The number of rotatable bonds is 4. The number of ether oxygens (including phenoxy) is 1. The van der Waals surface area contributed by atoms with Gasteiger partial charge in [0.2, 0.25) is 0 Å². The molecule has 19 heavy (non-hydrogen) atoms. The fraction of sp³-hybridized carbons (Fsp3) is 0.562. The van der Waals surface area contributed by atoms with E-state index in [4.69, 9.17) is 9.94 Å². The van der Waals surface area contributed by atoms with Crippen LogP contribution in [0, 0.1) is 5.92 Å². The van der Waals surface area contributed by atoms with Crippen molar-refractivity contribution in [1.82, 2.24) is 0 Å². The predicted octanol–water partition coefficient (Wildman–Crippen LogP) is 4.23. The van der Waals surface area contributed by atoms with E-state index >= 15 is 0 Å². The largest absolute Gasteiger partial charge is 0.490 e. The third kappa shape index (κ3) is 3.72. The quantitative estimate of drug-likeness (QED) is 0.500. The summed E-state index contributed by atoms with van der Waals surface area (Å²) in [6.07, 6.45) is 5.92. The Balaban J connectivity index is 1.95. The molecular formula is C16H23NO2. The molecule has 0 bridgehead atoms. The molecule has 0 aliphatic heterocycles. The molecule has 0 radical (unpaired) electrons. The number of nitrogens with zero attached hydrogens (tertiary/aromatic N) is 1. The maximum absolute atomic E-state index is 8.89. The summed E-state index contributed by atoms with van der Waals surface area (Å²) in [5.41, 5.74) is 1.66. The summed E-state index contributed by atoms with van der Waals surface area (Å²) in [6.45, 7) is 4.29. The lowest BCUT2D eigenvalue weighted by molar-refractivity contribution is 0.135. The van der Waals surface area contributed by atoms with Crippen LogP contribution in [0.5, 0.6) is 5.75 Å². The maximum Gasteiger partial charge on any atom is 0.119 e. The summed E-state index contributed by atoms with van der Waals surface area (Å²) in [5, 5.41) is 12.2. The Kier molecular flexibility index (Phi) is 4.83. The fourth-order valence-corrected chi connectivity index (χ4v) is 2.60. The van der Waals surface area contributed by atoms with Gasteiger partial charge < -0.3 is 9.94 Å². The van der Waals surface area contributed by atoms with Crippen LogP contribution in [0.15, 0.2) is 29.4 Å². The molecule has 0 unspecified atom stereocenters. The highest BCUT2D eigenvalue weighted by molar-refractivity contribution is 6.00. The van der Waals surface area contributed by atoms with Crippen LogP contribution >= 0.6 is 0 Å². The summed E-state index contributed by atoms with van der Waals surface area (Å²) < 4.78 is 6.00. The number of hydrogen-bond donors (Lipinski definition) is 1. The monoisotopic (exact) mass is 261 g/mol. The van der Waals surface area contributed by atoms with Crippen LogP contribution in [-0.4, -0.2) is 17.0 Å². The zero-order chi connectivity index (χ0) is 13.7. The molecule has 0 saturated heterocycles. The van der Waals surface area contributed by atoms with Crippen molar-refractivity contribution in [3.63, 3.8) is 0 Å². The van der Waals surface area contributed by atoms with Crippen molar-refractivity contribution >= 4 is 5.71 Å². The summed E-state index contributed by atoms with van der Waals surface area (Å²) >= 11 is 0. The van der Waals surface area contributed by atoms with Crippen molar-refractivity contribution in [1.29, 1.82) is 0 Å². The van der Waals surface area contributed by atoms with Crippen molar-refractivity contribution in [3.05, 3.63) is 29.8 Å². The predicted molar refractivity (Wildman–Crippen MR) is 77.1 cm³/mol. The molecule has 104 valence electrons. The van der Waals surface area contributed by atoms with Gasteiger partial charge in [0.1, 0.15) is 5.75 Å². The van der Waals surface area contributed by atoms with E-state index < -0.39 is 0 Å². The molecule has 0 atom stereocenters. The highest BCUT2D eigenvalue weighted by atomic mass is 16.5. The first kappa shape index (κ1) is 13.9. The van der Waals surface area contributed by atoms with Crippen molar-refractivity contribution < 1.29 is 9.94 Å². The molecule has 1 aliphatic carbocycles. The lowest BCUT2D eigenvalue weighted by atomic mass is 9.89. The Morgan fingerprint density at radius 1 is 1.21 bits per heavy atom. The maximum atomic E-state index is 8.89. The number of benzene rings is 1. The van der Waals surface area contributed by atoms with Gasteiger partial charge in [-0.1, -0.05) is 19.0 Å². The standard InChI is InChI=1S/C16H23NO2/c1-3-16(17-18)13-6-10-15(11-7-13)19-14-8-4-12(2)5-9-14/h6-7,10-12,14,18H,3-5,8-9H2,1-2H3. The Morgan fingerprint density at radius 3 is 2.37 bits per heavy atom. The summed E-state index contributed by atoms with van der Waals surface area (Å²) in [6, 6.07) is 7.85. The van der Waals surface area contributed by atoms with Gasteiger partial charge in [0.05, 0.1) is 11.8 Å². The van der Waals surface area contributed by atoms with Gasteiger partial charge in [0.15, 0.2) is 0 Å². The first-order valence-corrected chi connectivity index (χ1v) is 7.21. The van der Waals surface area contributed by atoms with E-state index in [-0.39, 0.29) is 0 Å². The molecule has 1 aliphatic rings. The summed E-state index contributed by atoms with van der Waals surface area (Å²) in [7, 11) is 0. The second kappa shape index (κ2) is 6.60. The zero-order valence-electron chi connectivity index (χ0n) is 11.8. The molecule has 3 heteroatoms. The molecule has 0 heterocycles. The van der Waals surface area contributed by atoms with Gasteiger partial charge in [0, 0.05) is 0 Å². The molecule has 1 aromatic carbocycles. The Labute approximate surface area is 115 Å². The molecule has 0 spiro atoms. The van der Waals surface area contributed by atoms with Crippen molar-refractivity contribution in [2.24, 2.45) is 11.1 Å². The van der Waals surface area contributed by atoms with Crippen LogP contribution in [0.3, 0.4) is 0 Å². The number of oxime groups is 1. The van der Waals surface area contributed by atoms with E-state index in [1.807, 2.05) is 31.2 Å². The van der Waals surface area contributed by atoms with Gasteiger partial charge in [-0.2, -0.15) is 0 Å². The molecule has 0 aromatic heterocycles. The van der Waals surface area contributed by atoms with Crippen molar-refractivity contribution in [2.75, 3.05) is 0 Å². The molecule has 1 saturated carbocycles. The second-order valence-corrected chi connectivity index (χ2v) is 5.42. The van der Waals surface area contributed by atoms with Crippen molar-refractivity contribution in [3.8, 4) is 5.75 Å². The normalized spacial score (nSPS) is 24.2. The summed E-state index contributed by atoms with van der Waals surface area (Å²) in [5.74, 6) is 1.76. The minimum atomic E-state index is 0.360. The first-order chi connectivity index (χ1) is 9.22. The van der Waals surface area contributed by atoms with E-state index in [2.05, 4.69) is 12.1 Å². The van der Waals surface area contributed by atoms with E-state index in [9.17, 15) is 0 Å². The fourth-order valence-electron chi connectivity index (χ4n) is 2.60.